The number of carbonyl (C=O) groups excluding carboxylic acids is 2. The van der Waals surface area contributed by atoms with Crippen LogP contribution in [0.5, 0.6) is 11.5 Å². The normalized spacial score (nSPS) is 17.1. The molecule has 0 unspecified atom stereocenters. The van der Waals surface area contributed by atoms with Crippen LogP contribution in [0.25, 0.3) is 5.69 Å². The number of para-hydroxylation sites is 1. The Morgan fingerprint density at radius 2 is 1.88 bits per heavy atom. The molecular weight excluding hydrogens is 406 g/mol. The van der Waals surface area contributed by atoms with Crippen molar-refractivity contribution < 1.29 is 19.1 Å². The van der Waals surface area contributed by atoms with E-state index in [4.69, 9.17) is 9.47 Å². The topological polar surface area (TPSA) is 73.7 Å². The molecule has 2 aliphatic heterocycles. The maximum absolute atomic E-state index is 13.2. The van der Waals surface area contributed by atoms with Crippen LogP contribution >= 0.6 is 0 Å². The number of likely N-dealkylation sites (tertiary alicyclic amines) is 1. The number of rotatable bonds is 3. The Morgan fingerprint density at radius 3 is 2.59 bits per heavy atom. The summed E-state index contributed by atoms with van der Waals surface area (Å²) in [5.74, 6) is 1.27. The minimum Gasteiger partial charge on any atom is -0.497 e. The van der Waals surface area contributed by atoms with Crippen molar-refractivity contribution in [2.24, 2.45) is 0 Å². The number of methoxy groups -OCH3 is 1. The van der Waals surface area contributed by atoms with Gasteiger partial charge in [-0.3, -0.25) is 9.59 Å². The number of amides is 1. The SMILES string of the molecule is COc1ccc2c(c1)OC1(CCN(C(=O)c3cnn(-c4ccccc4)c3C)CC1)CC2=O. The Bertz CT molecular complexity index is 1180. The van der Waals surface area contributed by atoms with Gasteiger partial charge >= 0.3 is 0 Å². The van der Waals surface area contributed by atoms with E-state index in [1.54, 1.807) is 36.2 Å². The molecule has 1 fully saturated rings. The molecule has 7 nitrogen and oxygen atoms in total. The van der Waals surface area contributed by atoms with E-state index >= 15 is 0 Å². The number of benzene rings is 2. The molecule has 0 N–H and O–H groups in total. The number of carbonyl (C=O) groups is 2. The van der Waals surface area contributed by atoms with Crippen LogP contribution < -0.4 is 9.47 Å². The zero-order valence-corrected chi connectivity index (χ0v) is 18.2. The molecule has 32 heavy (non-hydrogen) atoms. The van der Waals surface area contributed by atoms with E-state index in [2.05, 4.69) is 5.10 Å². The number of Topliss-reactive ketones (excluding diaryl/α,β-unsaturated/α-hetero) is 1. The van der Waals surface area contributed by atoms with Gasteiger partial charge in [-0.15, -0.1) is 0 Å². The molecule has 1 saturated heterocycles. The van der Waals surface area contributed by atoms with Gasteiger partial charge < -0.3 is 14.4 Å². The van der Waals surface area contributed by atoms with Crippen LogP contribution in [-0.2, 0) is 0 Å². The summed E-state index contributed by atoms with van der Waals surface area (Å²) in [7, 11) is 1.59. The van der Waals surface area contributed by atoms with E-state index in [9.17, 15) is 9.59 Å². The van der Waals surface area contributed by atoms with Gasteiger partial charge in [-0.2, -0.15) is 5.10 Å². The highest BCUT2D eigenvalue weighted by Crippen LogP contribution is 2.41. The molecule has 1 spiro atoms. The summed E-state index contributed by atoms with van der Waals surface area (Å²) in [6.07, 6.45) is 3.18. The summed E-state index contributed by atoms with van der Waals surface area (Å²) in [4.78, 5) is 27.8. The van der Waals surface area contributed by atoms with Crippen LogP contribution in [0.4, 0.5) is 0 Å². The van der Waals surface area contributed by atoms with Gasteiger partial charge in [0.2, 0.25) is 0 Å². The summed E-state index contributed by atoms with van der Waals surface area (Å²) >= 11 is 0. The van der Waals surface area contributed by atoms with Crippen LogP contribution in [0.3, 0.4) is 0 Å². The minimum absolute atomic E-state index is 0.0382. The van der Waals surface area contributed by atoms with Crippen molar-refractivity contribution in [2.75, 3.05) is 20.2 Å². The van der Waals surface area contributed by atoms with E-state index in [0.717, 1.165) is 11.4 Å². The van der Waals surface area contributed by atoms with E-state index in [0.29, 0.717) is 55.0 Å². The van der Waals surface area contributed by atoms with E-state index < -0.39 is 5.60 Å². The molecule has 0 aliphatic carbocycles. The molecule has 1 amide bonds. The summed E-state index contributed by atoms with van der Waals surface area (Å²) in [5.41, 5.74) is 2.35. The Balaban J connectivity index is 1.31. The molecule has 1 aromatic heterocycles. The third-order valence-corrected chi connectivity index (χ3v) is 6.50. The molecule has 0 bridgehead atoms. The molecule has 2 aliphatic rings. The third kappa shape index (κ3) is 3.43. The van der Waals surface area contributed by atoms with Crippen LogP contribution in [0.2, 0.25) is 0 Å². The second-order valence-corrected chi connectivity index (χ2v) is 8.43. The number of ether oxygens (including phenoxy) is 2. The van der Waals surface area contributed by atoms with Gasteiger partial charge in [0.1, 0.15) is 17.1 Å². The Morgan fingerprint density at radius 1 is 1.12 bits per heavy atom. The number of hydrogen-bond acceptors (Lipinski definition) is 5. The van der Waals surface area contributed by atoms with Crippen molar-refractivity contribution in [3.8, 4) is 17.2 Å². The van der Waals surface area contributed by atoms with Crippen LogP contribution in [0.1, 0.15) is 45.7 Å². The van der Waals surface area contributed by atoms with Gasteiger partial charge in [-0.1, -0.05) is 18.2 Å². The van der Waals surface area contributed by atoms with Gasteiger partial charge in [0.25, 0.3) is 5.91 Å². The quantitative estimate of drug-likeness (QED) is 0.630. The highest BCUT2D eigenvalue weighted by Gasteiger charge is 2.44. The van der Waals surface area contributed by atoms with Gasteiger partial charge in [-0.25, -0.2) is 4.68 Å². The maximum atomic E-state index is 13.2. The van der Waals surface area contributed by atoms with Crippen molar-refractivity contribution >= 4 is 11.7 Å². The number of aromatic nitrogens is 2. The van der Waals surface area contributed by atoms with Gasteiger partial charge in [0, 0.05) is 32.0 Å². The molecule has 0 atom stereocenters. The number of piperidine rings is 1. The zero-order valence-electron chi connectivity index (χ0n) is 18.2. The van der Waals surface area contributed by atoms with Crippen LogP contribution in [-0.4, -0.2) is 52.2 Å². The van der Waals surface area contributed by atoms with Crippen molar-refractivity contribution in [1.82, 2.24) is 14.7 Å². The monoisotopic (exact) mass is 431 g/mol. The molecule has 0 radical (unpaired) electrons. The molecule has 3 heterocycles. The Kier molecular flexibility index (Phi) is 4.96. The zero-order chi connectivity index (χ0) is 22.3. The van der Waals surface area contributed by atoms with Crippen LogP contribution in [0, 0.1) is 6.92 Å². The Labute approximate surface area is 186 Å². The van der Waals surface area contributed by atoms with Crippen molar-refractivity contribution in [2.45, 2.75) is 31.8 Å². The molecule has 2 aromatic carbocycles. The minimum atomic E-state index is -0.573. The Hall–Kier alpha value is -3.61. The highest BCUT2D eigenvalue weighted by molar-refractivity contribution is 6.00. The lowest BCUT2D eigenvalue weighted by molar-refractivity contribution is -0.00582. The fourth-order valence-electron chi connectivity index (χ4n) is 4.62. The van der Waals surface area contributed by atoms with E-state index in [1.807, 2.05) is 42.2 Å². The summed E-state index contributed by atoms with van der Waals surface area (Å²) in [5, 5.41) is 4.42. The van der Waals surface area contributed by atoms with Crippen molar-refractivity contribution in [1.29, 1.82) is 0 Å². The number of hydrogen-bond donors (Lipinski definition) is 0. The lowest BCUT2D eigenvalue weighted by Crippen LogP contribution is -2.52. The smallest absolute Gasteiger partial charge is 0.257 e. The number of ketones is 1. The van der Waals surface area contributed by atoms with Crippen molar-refractivity contribution in [3.63, 3.8) is 0 Å². The predicted octanol–water partition coefficient (Wildman–Crippen LogP) is 3.83. The second-order valence-electron chi connectivity index (χ2n) is 8.43. The lowest BCUT2D eigenvalue weighted by atomic mass is 9.82. The van der Waals surface area contributed by atoms with E-state index in [-0.39, 0.29) is 11.7 Å². The average molecular weight is 431 g/mol. The average Bonchev–Trinajstić information content (AvgIpc) is 3.20. The first kappa shape index (κ1) is 20.3. The first-order valence-electron chi connectivity index (χ1n) is 10.8. The fourth-order valence-corrected chi connectivity index (χ4v) is 4.62. The molecule has 7 heteroatoms. The molecule has 0 saturated carbocycles. The van der Waals surface area contributed by atoms with Gasteiger partial charge in [0.05, 0.1) is 42.2 Å². The third-order valence-electron chi connectivity index (χ3n) is 6.50. The standard InChI is InChI=1S/C25H25N3O4/c1-17-21(16-26-28(17)18-6-4-3-5-7-18)24(30)27-12-10-25(11-13-27)15-22(29)20-9-8-19(31-2)14-23(20)32-25/h3-9,14,16H,10-13,15H2,1-2H3. The first-order valence-corrected chi connectivity index (χ1v) is 10.8. The largest absolute Gasteiger partial charge is 0.497 e. The first-order chi connectivity index (χ1) is 15.5. The molecule has 164 valence electrons. The summed E-state index contributed by atoms with van der Waals surface area (Å²) in [6, 6.07) is 15.1. The highest BCUT2D eigenvalue weighted by atomic mass is 16.5. The number of nitrogens with zero attached hydrogens (tertiary/aromatic N) is 3. The molecule has 5 rings (SSSR count). The summed E-state index contributed by atoms with van der Waals surface area (Å²) < 4.78 is 13.4. The maximum Gasteiger partial charge on any atom is 0.257 e. The van der Waals surface area contributed by atoms with Crippen LogP contribution in [0.15, 0.2) is 54.7 Å². The number of fused-ring (bicyclic) bond motifs is 1. The van der Waals surface area contributed by atoms with E-state index in [1.165, 1.54) is 0 Å². The second kappa shape index (κ2) is 7.82. The van der Waals surface area contributed by atoms with Crippen molar-refractivity contribution in [3.05, 3.63) is 71.5 Å². The van der Waals surface area contributed by atoms with Gasteiger partial charge in [-0.05, 0) is 31.2 Å². The summed E-state index contributed by atoms with van der Waals surface area (Å²) in [6.45, 7) is 2.97. The lowest BCUT2D eigenvalue weighted by Gasteiger charge is -2.44. The molecular formula is C25H25N3O4. The van der Waals surface area contributed by atoms with Gasteiger partial charge in [0.15, 0.2) is 5.78 Å². The fraction of sp³-hybridized carbons (Fsp3) is 0.320. The molecule has 3 aromatic rings. The predicted molar refractivity (Wildman–Crippen MR) is 119 cm³/mol.